The Morgan fingerprint density at radius 2 is 1.56 bits per heavy atom. The quantitative estimate of drug-likeness (QED) is 0.346. The maximum absolute atomic E-state index is 14.3. The predicted octanol–water partition coefficient (Wildman–Crippen LogP) is 5.08. The van der Waals surface area contributed by atoms with Crippen molar-refractivity contribution in [2.24, 2.45) is 0 Å². The first-order valence-corrected chi connectivity index (χ1v) is 16.1. The Kier molecular flexibility index (Phi) is 9.86. The molecule has 0 spiro atoms. The molecule has 41 heavy (non-hydrogen) atoms. The van der Waals surface area contributed by atoms with Crippen molar-refractivity contribution in [3.8, 4) is 0 Å². The van der Waals surface area contributed by atoms with Gasteiger partial charge in [-0.3, -0.25) is 13.9 Å². The van der Waals surface area contributed by atoms with E-state index in [9.17, 15) is 18.0 Å². The van der Waals surface area contributed by atoms with Gasteiger partial charge in [-0.1, -0.05) is 79.6 Å². The molecule has 1 atom stereocenters. The van der Waals surface area contributed by atoms with E-state index in [4.69, 9.17) is 0 Å². The summed E-state index contributed by atoms with van der Waals surface area (Å²) in [6.07, 6.45) is 5.41. The number of hydrogen-bond donors (Lipinski definition) is 1. The van der Waals surface area contributed by atoms with Crippen LogP contribution in [0.3, 0.4) is 0 Å². The lowest BCUT2D eigenvalue weighted by Gasteiger charge is -2.34. The monoisotopic (exact) mass is 575 g/mol. The molecule has 1 saturated carbocycles. The van der Waals surface area contributed by atoms with Crippen molar-refractivity contribution in [3.05, 3.63) is 101 Å². The molecule has 218 valence electrons. The minimum Gasteiger partial charge on any atom is -0.352 e. The molecule has 3 aromatic rings. The molecule has 0 unspecified atom stereocenters. The van der Waals surface area contributed by atoms with Crippen LogP contribution in [0, 0.1) is 20.8 Å². The second-order valence-electron chi connectivity index (χ2n) is 11.2. The van der Waals surface area contributed by atoms with E-state index >= 15 is 0 Å². The van der Waals surface area contributed by atoms with Gasteiger partial charge in [-0.05, 0) is 67.5 Å². The molecule has 8 heteroatoms. The van der Waals surface area contributed by atoms with Gasteiger partial charge in [-0.2, -0.15) is 0 Å². The fourth-order valence-electron chi connectivity index (χ4n) is 5.48. The number of nitrogens with zero attached hydrogens (tertiary/aromatic N) is 2. The number of aryl methyl sites for hydroxylation is 3. The predicted molar refractivity (Wildman–Crippen MR) is 164 cm³/mol. The van der Waals surface area contributed by atoms with E-state index in [0.717, 1.165) is 64.1 Å². The summed E-state index contributed by atoms with van der Waals surface area (Å²) in [4.78, 5) is 29.8. The zero-order valence-electron chi connectivity index (χ0n) is 24.5. The highest BCUT2D eigenvalue weighted by Crippen LogP contribution is 2.26. The molecule has 0 aromatic heterocycles. The summed E-state index contributed by atoms with van der Waals surface area (Å²) in [5, 5.41) is 3.20. The van der Waals surface area contributed by atoms with Gasteiger partial charge in [0.15, 0.2) is 0 Å². The SMILES string of the molecule is Cc1ccc(C)c(N(CC(=O)N(Cc2ccccc2C)[C@@H](Cc2ccccc2)C(=O)NC2CCCC2)S(C)(=O)=O)c1. The standard InChI is InChI=1S/C33H41N3O4S/c1-24-18-19-26(3)30(20-24)36(41(4,39)40)23-32(37)35(22-28-15-9-8-12-25(28)2)31(21-27-13-6-5-7-14-27)33(38)34-29-16-10-11-17-29/h5-9,12-15,18-20,29,31H,10-11,16-17,21-23H2,1-4H3,(H,34,38)/t31-/m0/s1. The Morgan fingerprint density at radius 1 is 0.902 bits per heavy atom. The van der Waals surface area contributed by atoms with Gasteiger partial charge in [0.05, 0.1) is 11.9 Å². The average molecular weight is 576 g/mol. The number of anilines is 1. The summed E-state index contributed by atoms with van der Waals surface area (Å²) in [5.41, 5.74) is 4.93. The van der Waals surface area contributed by atoms with E-state index in [2.05, 4.69) is 5.32 Å². The molecule has 0 saturated heterocycles. The summed E-state index contributed by atoms with van der Waals surface area (Å²) >= 11 is 0. The van der Waals surface area contributed by atoms with Gasteiger partial charge in [0.25, 0.3) is 0 Å². The summed E-state index contributed by atoms with van der Waals surface area (Å²) in [5.74, 6) is -0.637. The minimum atomic E-state index is -3.81. The van der Waals surface area contributed by atoms with Crippen LogP contribution in [-0.2, 0) is 32.6 Å². The molecule has 7 nitrogen and oxygen atoms in total. The molecule has 0 heterocycles. The Hall–Kier alpha value is -3.65. The highest BCUT2D eigenvalue weighted by Gasteiger charge is 2.34. The molecule has 1 N–H and O–H groups in total. The number of rotatable bonds is 11. The Labute approximate surface area is 244 Å². The lowest BCUT2D eigenvalue weighted by atomic mass is 10.0. The van der Waals surface area contributed by atoms with Crippen LogP contribution in [0.25, 0.3) is 0 Å². The van der Waals surface area contributed by atoms with Gasteiger partial charge >= 0.3 is 0 Å². The highest BCUT2D eigenvalue weighted by atomic mass is 32.2. The summed E-state index contributed by atoms with van der Waals surface area (Å²) < 4.78 is 27.3. The van der Waals surface area contributed by atoms with Crippen LogP contribution in [0.4, 0.5) is 5.69 Å². The number of sulfonamides is 1. The molecule has 3 aromatic carbocycles. The molecule has 0 bridgehead atoms. The van der Waals surface area contributed by atoms with Crippen molar-refractivity contribution < 1.29 is 18.0 Å². The van der Waals surface area contributed by atoms with E-state index in [-0.39, 0.29) is 18.5 Å². The lowest BCUT2D eigenvalue weighted by Crippen LogP contribution is -2.54. The van der Waals surface area contributed by atoms with E-state index in [0.29, 0.717) is 12.1 Å². The molecular weight excluding hydrogens is 534 g/mol. The van der Waals surface area contributed by atoms with Crippen LogP contribution in [0.1, 0.15) is 53.5 Å². The molecule has 4 rings (SSSR count). The van der Waals surface area contributed by atoms with Crippen LogP contribution in [-0.4, -0.2) is 50.0 Å². The topological polar surface area (TPSA) is 86.8 Å². The van der Waals surface area contributed by atoms with Gasteiger partial charge in [0.1, 0.15) is 12.6 Å². The van der Waals surface area contributed by atoms with Gasteiger partial charge in [-0.15, -0.1) is 0 Å². The van der Waals surface area contributed by atoms with E-state index < -0.39 is 28.5 Å². The molecule has 0 aliphatic heterocycles. The van der Waals surface area contributed by atoms with E-state index in [1.807, 2.05) is 87.5 Å². The normalized spacial score (nSPS) is 14.4. The van der Waals surface area contributed by atoms with Crippen LogP contribution in [0.15, 0.2) is 72.8 Å². The van der Waals surface area contributed by atoms with Crippen molar-refractivity contribution in [1.29, 1.82) is 0 Å². The molecule has 1 aliphatic rings. The number of hydrogen-bond acceptors (Lipinski definition) is 4. The van der Waals surface area contributed by atoms with E-state index in [1.54, 1.807) is 11.0 Å². The maximum Gasteiger partial charge on any atom is 0.244 e. The van der Waals surface area contributed by atoms with Gasteiger partial charge < -0.3 is 10.2 Å². The molecule has 1 fully saturated rings. The fourth-order valence-corrected chi connectivity index (χ4v) is 6.37. The van der Waals surface area contributed by atoms with Gasteiger partial charge in [0, 0.05) is 19.0 Å². The minimum absolute atomic E-state index is 0.0821. The summed E-state index contributed by atoms with van der Waals surface area (Å²) in [6.45, 7) is 5.47. The van der Waals surface area contributed by atoms with Gasteiger partial charge in [0.2, 0.25) is 21.8 Å². The van der Waals surface area contributed by atoms with Crippen molar-refractivity contribution in [3.63, 3.8) is 0 Å². The number of carbonyl (C=O) groups excluding carboxylic acids is 2. The zero-order valence-corrected chi connectivity index (χ0v) is 25.3. The molecule has 1 aliphatic carbocycles. The van der Waals surface area contributed by atoms with E-state index in [1.165, 1.54) is 0 Å². The number of carbonyl (C=O) groups is 2. The number of benzene rings is 3. The summed E-state index contributed by atoms with van der Waals surface area (Å²) in [6, 6.07) is 22.2. The average Bonchev–Trinajstić information content (AvgIpc) is 3.44. The van der Waals surface area contributed by atoms with Crippen molar-refractivity contribution >= 4 is 27.5 Å². The smallest absolute Gasteiger partial charge is 0.244 e. The maximum atomic E-state index is 14.3. The first-order chi connectivity index (χ1) is 19.5. The molecule has 2 amide bonds. The third kappa shape index (κ3) is 7.97. The first-order valence-electron chi connectivity index (χ1n) is 14.3. The van der Waals surface area contributed by atoms with Crippen LogP contribution in [0.2, 0.25) is 0 Å². The Morgan fingerprint density at radius 3 is 2.22 bits per heavy atom. The fraction of sp³-hybridized carbons (Fsp3) is 0.394. The second-order valence-corrected chi connectivity index (χ2v) is 13.1. The third-order valence-electron chi connectivity index (χ3n) is 7.89. The second kappa shape index (κ2) is 13.3. The Balaban J connectivity index is 1.75. The number of amides is 2. The lowest BCUT2D eigenvalue weighted by molar-refractivity contribution is -0.140. The number of nitrogens with one attached hydrogen (secondary N) is 1. The van der Waals surface area contributed by atoms with Crippen molar-refractivity contribution in [2.45, 2.75) is 71.5 Å². The summed E-state index contributed by atoms with van der Waals surface area (Å²) in [7, 11) is -3.81. The van der Waals surface area contributed by atoms with Gasteiger partial charge in [-0.25, -0.2) is 8.42 Å². The molecular formula is C33H41N3O4S. The molecule has 0 radical (unpaired) electrons. The zero-order chi connectivity index (χ0) is 29.6. The Bertz CT molecular complexity index is 1470. The van der Waals surface area contributed by atoms with Crippen LogP contribution < -0.4 is 9.62 Å². The van der Waals surface area contributed by atoms with Crippen molar-refractivity contribution in [2.75, 3.05) is 17.1 Å². The third-order valence-corrected chi connectivity index (χ3v) is 9.01. The largest absolute Gasteiger partial charge is 0.352 e. The van der Waals surface area contributed by atoms with Crippen molar-refractivity contribution in [1.82, 2.24) is 10.2 Å². The first kappa shape index (κ1) is 30.3. The highest BCUT2D eigenvalue weighted by molar-refractivity contribution is 7.92. The van der Waals surface area contributed by atoms with Crippen LogP contribution in [0.5, 0.6) is 0 Å². The van der Waals surface area contributed by atoms with Crippen LogP contribution >= 0.6 is 0 Å².